The Labute approximate surface area is 174 Å². The van der Waals surface area contributed by atoms with E-state index in [2.05, 4.69) is 5.32 Å². The van der Waals surface area contributed by atoms with Gasteiger partial charge < -0.3 is 15.2 Å². The number of nitrogens with zero attached hydrogens (tertiary/aromatic N) is 1. The number of hydrogen-bond donors (Lipinski definition) is 2. The summed E-state index contributed by atoms with van der Waals surface area (Å²) in [4.78, 5) is 50.3. The average Bonchev–Trinajstić information content (AvgIpc) is 2.98. The Hall–Kier alpha value is -2.62. The van der Waals surface area contributed by atoms with Crippen LogP contribution in [0.4, 0.5) is 0 Å². The van der Waals surface area contributed by atoms with E-state index in [9.17, 15) is 19.2 Å². The maximum atomic E-state index is 13.0. The van der Waals surface area contributed by atoms with Crippen molar-refractivity contribution in [3.63, 3.8) is 0 Å². The summed E-state index contributed by atoms with van der Waals surface area (Å²) in [5, 5.41) is 2.20. The Morgan fingerprint density at radius 1 is 1.00 bits per heavy atom. The van der Waals surface area contributed by atoms with E-state index in [4.69, 9.17) is 15.2 Å². The third kappa shape index (κ3) is 4.92. The number of benzene rings is 1. The van der Waals surface area contributed by atoms with Crippen molar-refractivity contribution in [1.82, 2.24) is 10.2 Å². The van der Waals surface area contributed by atoms with Crippen LogP contribution in [0.25, 0.3) is 0 Å². The van der Waals surface area contributed by atoms with Crippen LogP contribution < -0.4 is 11.1 Å². The van der Waals surface area contributed by atoms with Crippen molar-refractivity contribution in [3.05, 3.63) is 34.9 Å². The molecule has 0 radical (unpaired) electrons. The number of aryl methyl sites for hydroxylation is 1. The second-order valence-electron chi connectivity index (χ2n) is 7.26. The molecule has 3 rings (SSSR count). The first kappa shape index (κ1) is 22.1. The topological polar surface area (TPSA) is 128 Å². The van der Waals surface area contributed by atoms with Gasteiger partial charge in [0.25, 0.3) is 11.8 Å². The minimum absolute atomic E-state index is 0.101. The van der Waals surface area contributed by atoms with Crippen molar-refractivity contribution >= 4 is 23.6 Å². The number of nitrogens with two attached hydrogens (primary N) is 1. The van der Waals surface area contributed by atoms with E-state index in [-0.39, 0.29) is 12.8 Å². The normalized spacial score (nSPS) is 18.7. The summed E-state index contributed by atoms with van der Waals surface area (Å²) < 4.78 is 10.9. The molecule has 2 aliphatic heterocycles. The predicted molar refractivity (Wildman–Crippen MR) is 107 cm³/mol. The molecule has 0 spiro atoms. The van der Waals surface area contributed by atoms with Crippen LogP contribution in [0.5, 0.6) is 0 Å². The van der Waals surface area contributed by atoms with Gasteiger partial charge in [0.15, 0.2) is 0 Å². The lowest BCUT2D eigenvalue weighted by Gasteiger charge is -2.27. The average molecular weight is 417 g/mol. The standard InChI is InChI=1S/C21H27N3O6/c22-9-3-11-30-13-12-29-10-2-5-14-4-1-6-15-18(14)21(28)24(20(15)27)16-7-8-17(25)23-19(16)26/h1,4,6,16H,2-3,5,7-13,22H2,(H,23,25,26). The Balaban J connectivity index is 1.56. The van der Waals surface area contributed by atoms with Crippen LogP contribution >= 0.6 is 0 Å². The van der Waals surface area contributed by atoms with E-state index in [0.717, 1.165) is 16.9 Å². The van der Waals surface area contributed by atoms with Crippen LogP contribution in [0.2, 0.25) is 0 Å². The molecule has 1 unspecified atom stereocenters. The van der Waals surface area contributed by atoms with Gasteiger partial charge in [0.1, 0.15) is 6.04 Å². The molecule has 1 aromatic carbocycles. The lowest BCUT2D eigenvalue weighted by Crippen LogP contribution is -2.54. The highest BCUT2D eigenvalue weighted by Crippen LogP contribution is 2.30. The van der Waals surface area contributed by atoms with E-state index in [1.54, 1.807) is 12.1 Å². The van der Waals surface area contributed by atoms with Gasteiger partial charge in [0.2, 0.25) is 11.8 Å². The Morgan fingerprint density at radius 3 is 2.43 bits per heavy atom. The van der Waals surface area contributed by atoms with E-state index in [1.165, 1.54) is 0 Å². The van der Waals surface area contributed by atoms with Crippen LogP contribution in [-0.4, -0.2) is 67.5 Å². The van der Waals surface area contributed by atoms with E-state index in [1.807, 2.05) is 6.07 Å². The molecule has 2 heterocycles. The summed E-state index contributed by atoms with van der Waals surface area (Å²) in [6, 6.07) is 4.19. The van der Waals surface area contributed by atoms with Gasteiger partial charge in [-0.1, -0.05) is 12.1 Å². The Morgan fingerprint density at radius 2 is 1.73 bits per heavy atom. The molecule has 1 saturated heterocycles. The molecule has 162 valence electrons. The van der Waals surface area contributed by atoms with Crippen LogP contribution in [0.1, 0.15) is 52.0 Å². The van der Waals surface area contributed by atoms with Gasteiger partial charge in [-0.2, -0.15) is 0 Å². The fourth-order valence-electron chi connectivity index (χ4n) is 3.67. The fraction of sp³-hybridized carbons (Fsp3) is 0.524. The first-order valence-electron chi connectivity index (χ1n) is 10.2. The van der Waals surface area contributed by atoms with Crippen molar-refractivity contribution in [2.75, 3.05) is 33.0 Å². The Bertz CT molecular complexity index is 825. The zero-order chi connectivity index (χ0) is 21.5. The van der Waals surface area contributed by atoms with Gasteiger partial charge in [-0.3, -0.25) is 29.4 Å². The zero-order valence-corrected chi connectivity index (χ0v) is 16.9. The van der Waals surface area contributed by atoms with Crippen molar-refractivity contribution in [2.45, 2.75) is 38.1 Å². The largest absolute Gasteiger partial charge is 0.379 e. The molecular formula is C21H27N3O6. The number of rotatable bonds is 11. The lowest BCUT2D eigenvalue weighted by molar-refractivity contribution is -0.136. The lowest BCUT2D eigenvalue weighted by atomic mass is 9.99. The van der Waals surface area contributed by atoms with Gasteiger partial charge in [0.05, 0.1) is 24.3 Å². The molecule has 0 bridgehead atoms. The number of hydrogen-bond acceptors (Lipinski definition) is 7. The summed E-state index contributed by atoms with van der Waals surface area (Å²) in [6.07, 6.45) is 2.32. The van der Waals surface area contributed by atoms with Crippen LogP contribution in [-0.2, 0) is 25.5 Å². The second kappa shape index (κ2) is 10.4. The summed E-state index contributed by atoms with van der Waals surface area (Å²) in [5.74, 6) is -1.96. The van der Waals surface area contributed by atoms with Gasteiger partial charge in [-0.15, -0.1) is 0 Å². The minimum Gasteiger partial charge on any atom is -0.379 e. The van der Waals surface area contributed by atoms with Crippen molar-refractivity contribution in [3.8, 4) is 0 Å². The molecule has 4 amide bonds. The predicted octanol–water partition coefficient (Wildman–Crippen LogP) is 0.402. The van der Waals surface area contributed by atoms with Crippen molar-refractivity contribution in [1.29, 1.82) is 0 Å². The van der Waals surface area contributed by atoms with E-state index >= 15 is 0 Å². The maximum Gasteiger partial charge on any atom is 0.262 e. The highest BCUT2D eigenvalue weighted by Gasteiger charge is 2.45. The highest BCUT2D eigenvalue weighted by molar-refractivity contribution is 6.24. The number of piperidine rings is 1. The molecule has 0 aliphatic carbocycles. The molecule has 9 nitrogen and oxygen atoms in total. The number of nitrogens with one attached hydrogen (secondary N) is 1. The van der Waals surface area contributed by atoms with Gasteiger partial charge in [0, 0.05) is 19.6 Å². The van der Waals surface area contributed by atoms with Crippen molar-refractivity contribution in [2.24, 2.45) is 5.73 Å². The number of ether oxygens (including phenoxy) is 2. The van der Waals surface area contributed by atoms with Gasteiger partial charge in [-0.05, 0) is 43.9 Å². The molecule has 1 aromatic rings. The van der Waals surface area contributed by atoms with Crippen LogP contribution in [0.15, 0.2) is 18.2 Å². The van der Waals surface area contributed by atoms with E-state index < -0.39 is 29.7 Å². The third-order valence-electron chi connectivity index (χ3n) is 5.15. The number of carbonyl (C=O) groups is 4. The first-order valence-corrected chi connectivity index (χ1v) is 10.2. The summed E-state index contributed by atoms with van der Waals surface area (Å²) in [5.41, 5.74) is 6.79. The molecule has 0 aromatic heterocycles. The smallest absolute Gasteiger partial charge is 0.262 e. The third-order valence-corrected chi connectivity index (χ3v) is 5.15. The molecule has 0 saturated carbocycles. The van der Waals surface area contributed by atoms with Gasteiger partial charge in [-0.25, -0.2) is 0 Å². The molecule has 30 heavy (non-hydrogen) atoms. The summed E-state index contributed by atoms with van der Waals surface area (Å²) in [7, 11) is 0. The second-order valence-corrected chi connectivity index (χ2v) is 7.26. The molecular weight excluding hydrogens is 390 g/mol. The number of amides is 4. The molecule has 2 aliphatic rings. The highest BCUT2D eigenvalue weighted by atomic mass is 16.5. The molecule has 3 N–H and O–H groups in total. The minimum atomic E-state index is -0.953. The number of fused-ring (bicyclic) bond motifs is 1. The monoisotopic (exact) mass is 417 g/mol. The van der Waals surface area contributed by atoms with E-state index in [0.29, 0.717) is 56.9 Å². The zero-order valence-electron chi connectivity index (χ0n) is 16.9. The van der Waals surface area contributed by atoms with Crippen LogP contribution in [0, 0.1) is 0 Å². The first-order chi connectivity index (χ1) is 14.5. The molecule has 9 heteroatoms. The Kier molecular flexibility index (Phi) is 7.67. The fourth-order valence-corrected chi connectivity index (χ4v) is 3.67. The van der Waals surface area contributed by atoms with Crippen LogP contribution in [0.3, 0.4) is 0 Å². The number of carbonyl (C=O) groups excluding carboxylic acids is 4. The molecule has 1 atom stereocenters. The number of imide groups is 2. The summed E-state index contributed by atoms with van der Waals surface area (Å²) >= 11 is 0. The maximum absolute atomic E-state index is 13.0. The SMILES string of the molecule is NCCCOCCOCCCc1cccc2c1C(=O)N(C1CCC(=O)NC1=O)C2=O. The molecule has 1 fully saturated rings. The quantitative estimate of drug-likeness (QED) is 0.394. The van der Waals surface area contributed by atoms with Gasteiger partial charge >= 0.3 is 0 Å². The van der Waals surface area contributed by atoms with Crippen molar-refractivity contribution < 1.29 is 28.7 Å². The summed E-state index contributed by atoms with van der Waals surface area (Å²) in [6.45, 7) is 2.72.